The maximum atomic E-state index is 13.2. The van der Waals surface area contributed by atoms with Gasteiger partial charge in [-0.25, -0.2) is 9.37 Å². The number of imidazole rings is 1. The summed E-state index contributed by atoms with van der Waals surface area (Å²) in [5.41, 5.74) is 0.596. The summed E-state index contributed by atoms with van der Waals surface area (Å²) >= 11 is 5.78. The summed E-state index contributed by atoms with van der Waals surface area (Å²) in [7, 11) is 0. The molecule has 0 aliphatic carbocycles. The quantitative estimate of drug-likeness (QED) is 0.898. The Balaban J connectivity index is 2.22. The van der Waals surface area contributed by atoms with E-state index in [-0.39, 0.29) is 5.82 Å². The van der Waals surface area contributed by atoms with Gasteiger partial charge in [0.15, 0.2) is 0 Å². The third-order valence-corrected chi connectivity index (χ3v) is 2.52. The third-order valence-electron chi connectivity index (χ3n) is 2.30. The number of hydrogen-bond acceptors (Lipinski definition) is 2. The lowest BCUT2D eigenvalue weighted by Gasteiger charge is -2.09. The molecular weight excluding hydrogens is 241 g/mol. The monoisotopic (exact) mass is 253 g/mol. The second kappa shape index (κ2) is 5.19. The first kappa shape index (κ1) is 11.9. The highest BCUT2D eigenvalue weighted by Crippen LogP contribution is 2.21. The number of aryl methyl sites for hydroxylation is 1. The van der Waals surface area contributed by atoms with Gasteiger partial charge in [0.2, 0.25) is 5.95 Å². The minimum absolute atomic E-state index is 0.362. The lowest BCUT2D eigenvalue weighted by atomic mass is 10.3. The molecule has 5 heteroatoms. The van der Waals surface area contributed by atoms with Crippen molar-refractivity contribution in [1.29, 1.82) is 0 Å². The Labute approximate surface area is 104 Å². The van der Waals surface area contributed by atoms with Crippen molar-refractivity contribution in [3.63, 3.8) is 0 Å². The highest BCUT2D eigenvalue weighted by atomic mass is 35.5. The summed E-state index contributed by atoms with van der Waals surface area (Å²) in [4.78, 5) is 4.18. The van der Waals surface area contributed by atoms with Gasteiger partial charge in [-0.1, -0.05) is 18.5 Å². The van der Waals surface area contributed by atoms with Crippen LogP contribution in [0.1, 0.15) is 13.3 Å². The zero-order valence-electron chi connectivity index (χ0n) is 9.45. The molecule has 0 aliphatic heterocycles. The van der Waals surface area contributed by atoms with Crippen LogP contribution >= 0.6 is 11.6 Å². The van der Waals surface area contributed by atoms with Crippen LogP contribution in [0.4, 0.5) is 16.0 Å². The van der Waals surface area contributed by atoms with E-state index in [9.17, 15) is 4.39 Å². The molecule has 1 aromatic heterocycles. The SMILES string of the molecule is CCCn1ccnc1Nc1cc(F)cc(Cl)c1. The molecule has 0 saturated heterocycles. The van der Waals surface area contributed by atoms with Crippen LogP contribution in [0.3, 0.4) is 0 Å². The topological polar surface area (TPSA) is 29.9 Å². The number of nitrogens with one attached hydrogen (secondary N) is 1. The summed E-state index contributed by atoms with van der Waals surface area (Å²) in [6.07, 6.45) is 4.60. The first-order valence-corrected chi connectivity index (χ1v) is 5.81. The van der Waals surface area contributed by atoms with Crippen molar-refractivity contribution in [2.24, 2.45) is 0 Å². The number of anilines is 2. The van der Waals surface area contributed by atoms with Crippen LogP contribution in [0.25, 0.3) is 0 Å². The Morgan fingerprint density at radius 1 is 1.41 bits per heavy atom. The number of hydrogen-bond donors (Lipinski definition) is 1. The molecule has 0 radical (unpaired) electrons. The van der Waals surface area contributed by atoms with Crippen molar-refractivity contribution in [1.82, 2.24) is 9.55 Å². The van der Waals surface area contributed by atoms with E-state index in [2.05, 4.69) is 17.2 Å². The Kier molecular flexibility index (Phi) is 3.64. The van der Waals surface area contributed by atoms with Crippen LogP contribution in [0, 0.1) is 5.82 Å². The molecule has 0 aliphatic rings. The van der Waals surface area contributed by atoms with Gasteiger partial charge in [0.05, 0.1) is 0 Å². The third kappa shape index (κ3) is 2.97. The molecule has 17 heavy (non-hydrogen) atoms. The van der Waals surface area contributed by atoms with Crippen molar-refractivity contribution in [2.75, 3.05) is 5.32 Å². The smallest absolute Gasteiger partial charge is 0.207 e. The van der Waals surface area contributed by atoms with Gasteiger partial charge < -0.3 is 9.88 Å². The Bertz CT molecular complexity index is 490. The fraction of sp³-hybridized carbons (Fsp3) is 0.250. The van der Waals surface area contributed by atoms with Crippen LogP contribution in [0.5, 0.6) is 0 Å². The van der Waals surface area contributed by atoms with E-state index in [1.165, 1.54) is 12.1 Å². The maximum Gasteiger partial charge on any atom is 0.207 e. The molecule has 1 N–H and O–H groups in total. The van der Waals surface area contributed by atoms with Gasteiger partial charge >= 0.3 is 0 Å². The van der Waals surface area contributed by atoms with Crippen LogP contribution < -0.4 is 5.32 Å². The maximum absolute atomic E-state index is 13.2. The summed E-state index contributed by atoms with van der Waals surface area (Å²) in [5, 5.41) is 3.41. The molecule has 0 spiro atoms. The zero-order valence-corrected chi connectivity index (χ0v) is 10.2. The fourth-order valence-electron chi connectivity index (χ4n) is 1.61. The van der Waals surface area contributed by atoms with Gasteiger partial charge in [-0.15, -0.1) is 0 Å². The van der Waals surface area contributed by atoms with Crippen molar-refractivity contribution >= 4 is 23.2 Å². The van der Waals surface area contributed by atoms with Crippen LogP contribution in [-0.4, -0.2) is 9.55 Å². The van der Waals surface area contributed by atoms with Gasteiger partial charge in [0.1, 0.15) is 5.82 Å². The predicted octanol–water partition coefficient (Wildman–Crippen LogP) is 3.83. The molecule has 1 heterocycles. The van der Waals surface area contributed by atoms with Gasteiger partial charge in [-0.05, 0) is 24.6 Å². The molecule has 2 aromatic rings. The first-order chi connectivity index (χ1) is 8.19. The highest BCUT2D eigenvalue weighted by molar-refractivity contribution is 6.30. The van der Waals surface area contributed by atoms with Crippen LogP contribution in [-0.2, 0) is 6.54 Å². The molecular formula is C12H13ClFN3. The summed E-state index contributed by atoms with van der Waals surface area (Å²) in [6, 6.07) is 4.32. The second-order valence-electron chi connectivity index (χ2n) is 3.73. The molecule has 0 saturated carbocycles. The van der Waals surface area contributed by atoms with Gasteiger partial charge in [0, 0.05) is 29.6 Å². The first-order valence-electron chi connectivity index (χ1n) is 5.43. The number of nitrogens with zero attached hydrogens (tertiary/aromatic N) is 2. The van der Waals surface area contributed by atoms with E-state index in [4.69, 9.17) is 11.6 Å². The lowest BCUT2D eigenvalue weighted by Crippen LogP contribution is -2.02. The van der Waals surface area contributed by atoms with Gasteiger partial charge in [-0.2, -0.15) is 0 Å². The molecule has 0 bridgehead atoms. The summed E-state index contributed by atoms with van der Waals surface area (Å²) < 4.78 is 15.1. The Morgan fingerprint density at radius 3 is 2.94 bits per heavy atom. The van der Waals surface area contributed by atoms with Crippen molar-refractivity contribution < 1.29 is 4.39 Å². The van der Waals surface area contributed by atoms with Crippen molar-refractivity contribution in [2.45, 2.75) is 19.9 Å². The van der Waals surface area contributed by atoms with E-state index < -0.39 is 0 Å². The number of halogens is 2. The molecule has 3 nitrogen and oxygen atoms in total. The fourth-order valence-corrected chi connectivity index (χ4v) is 1.83. The molecule has 0 unspecified atom stereocenters. The van der Waals surface area contributed by atoms with Gasteiger partial charge in [-0.3, -0.25) is 0 Å². The zero-order chi connectivity index (χ0) is 12.3. The number of aromatic nitrogens is 2. The van der Waals surface area contributed by atoms with Crippen molar-refractivity contribution in [3.05, 3.63) is 41.4 Å². The average molecular weight is 254 g/mol. The minimum Gasteiger partial charge on any atom is -0.325 e. The standard InChI is InChI=1S/C12H13ClFN3/c1-2-4-17-5-3-15-12(17)16-11-7-9(13)6-10(14)8-11/h3,5-8H,2,4H2,1H3,(H,15,16). The normalized spacial score (nSPS) is 10.5. The van der Waals surface area contributed by atoms with E-state index in [0.717, 1.165) is 13.0 Å². The average Bonchev–Trinajstić information content (AvgIpc) is 2.65. The Morgan fingerprint density at radius 2 is 2.24 bits per heavy atom. The number of benzene rings is 1. The second-order valence-corrected chi connectivity index (χ2v) is 4.16. The lowest BCUT2D eigenvalue weighted by molar-refractivity contribution is 0.628. The summed E-state index contributed by atoms with van der Waals surface area (Å²) in [5.74, 6) is 0.321. The van der Waals surface area contributed by atoms with Crippen LogP contribution in [0.15, 0.2) is 30.6 Å². The molecule has 2 rings (SSSR count). The largest absolute Gasteiger partial charge is 0.325 e. The highest BCUT2D eigenvalue weighted by Gasteiger charge is 2.04. The number of rotatable bonds is 4. The van der Waals surface area contributed by atoms with E-state index in [1.54, 1.807) is 12.3 Å². The summed E-state index contributed by atoms with van der Waals surface area (Å²) in [6.45, 7) is 2.95. The molecule has 0 fully saturated rings. The molecule has 0 amide bonds. The minimum atomic E-state index is -0.367. The van der Waals surface area contributed by atoms with Crippen molar-refractivity contribution in [3.8, 4) is 0 Å². The van der Waals surface area contributed by atoms with Crippen LogP contribution in [0.2, 0.25) is 5.02 Å². The van der Waals surface area contributed by atoms with E-state index in [1.807, 2.05) is 10.8 Å². The molecule has 0 atom stereocenters. The Hall–Kier alpha value is -1.55. The van der Waals surface area contributed by atoms with Gasteiger partial charge in [0.25, 0.3) is 0 Å². The van der Waals surface area contributed by atoms with E-state index >= 15 is 0 Å². The van der Waals surface area contributed by atoms with E-state index in [0.29, 0.717) is 16.7 Å². The predicted molar refractivity (Wildman–Crippen MR) is 67.2 cm³/mol. The molecule has 90 valence electrons. The molecule has 1 aromatic carbocycles.